The van der Waals surface area contributed by atoms with E-state index in [9.17, 15) is 4.79 Å². The van der Waals surface area contributed by atoms with Crippen LogP contribution in [0.1, 0.15) is 48.0 Å². The zero-order valence-electron chi connectivity index (χ0n) is 23.4. The van der Waals surface area contributed by atoms with Crippen molar-refractivity contribution >= 4 is 28.4 Å². The molecule has 0 bridgehead atoms. The number of benzene rings is 1. The minimum Gasteiger partial charge on any atom is -0.379 e. The first-order chi connectivity index (χ1) is 19.5. The molecule has 208 valence electrons. The second-order valence-corrected chi connectivity index (χ2v) is 10.4. The van der Waals surface area contributed by atoms with Gasteiger partial charge in [0.1, 0.15) is 18.0 Å². The van der Waals surface area contributed by atoms with E-state index in [1.54, 1.807) is 25.6 Å². The summed E-state index contributed by atoms with van der Waals surface area (Å²) >= 11 is 0. The summed E-state index contributed by atoms with van der Waals surface area (Å²) in [5.74, 6) is 2.58. The Morgan fingerprint density at radius 2 is 2.00 bits per heavy atom. The molecule has 40 heavy (non-hydrogen) atoms. The zero-order chi connectivity index (χ0) is 27.9. The first-order valence-electron chi connectivity index (χ1n) is 13.9. The largest absolute Gasteiger partial charge is 0.379 e. The Bertz CT molecular complexity index is 1440. The van der Waals surface area contributed by atoms with Crippen molar-refractivity contribution in [3.05, 3.63) is 72.3 Å². The van der Waals surface area contributed by atoms with Crippen LogP contribution in [0.4, 0.5) is 11.6 Å². The zero-order valence-corrected chi connectivity index (χ0v) is 23.4. The van der Waals surface area contributed by atoms with Crippen LogP contribution in [0.15, 0.2) is 61.2 Å². The number of fused-ring (bicyclic) bond motifs is 1. The number of pyridine rings is 2. The number of aromatic nitrogens is 4. The molecule has 1 aromatic carbocycles. The maximum Gasteiger partial charge on any atom is 0.251 e. The highest BCUT2D eigenvalue weighted by atomic mass is 16.5. The van der Waals surface area contributed by atoms with E-state index in [4.69, 9.17) is 4.74 Å². The number of rotatable bonds is 13. The summed E-state index contributed by atoms with van der Waals surface area (Å²) in [5, 5.41) is 7.02. The number of likely N-dealkylation sites (N-methyl/N-ethyl adjacent to an activating group) is 1. The van der Waals surface area contributed by atoms with Crippen molar-refractivity contribution in [1.29, 1.82) is 0 Å². The molecule has 3 aromatic heterocycles. The maximum atomic E-state index is 12.3. The second kappa shape index (κ2) is 12.8. The fourth-order valence-corrected chi connectivity index (χ4v) is 4.73. The van der Waals surface area contributed by atoms with Crippen LogP contribution in [0.5, 0.6) is 0 Å². The van der Waals surface area contributed by atoms with Crippen molar-refractivity contribution in [2.45, 2.75) is 32.1 Å². The van der Waals surface area contributed by atoms with Gasteiger partial charge in [-0.25, -0.2) is 15.0 Å². The Kier molecular flexibility index (Phi) is 8.81. The smallest absolute Gasteiger partial charge is 0.251 e. The van der Waals surface area contributed by atoms with Crippen LogP contribution in [0.3, 0.4) is 0 Å². The maximum absolute atomic E-state index is 12.3. The van der Waals surface area contributed by atoms with Crippen LogP contribution in [-0.4, -0.2) is 66.2 Å². The van der Waals surface area contributed by atoms with Gasteiger partial charge in [-0.05, 0) is 54.9 Å². The Morgan fingerprint density at radius 1 is 1.12 bits per heavy atom. The summed E-state index contributed by atoms with van der Waals surface area (Å²) in [4.78, 5) is 32.5. The lowest BCUT2D eigenvalue weighted by Crippen LogP contribution is -2.23. The Hall–Kier alpha value is -4.11. The van der Waals surface area contributed by atoms with Crippen molar-refractivity contribution in [2.75, 3.05) is 50.6 Å². The number of hydrogen-bond donors (Lipinski definition) is 2. The summed E-state index contributed by atoms with van der Waals surface area (Å²) < 4.78 is 5.75. The lowest BCUT2D eigenvalue weighted by atomic mass is 9.94. The minimum absolute atomic E-state index is 0.107. The number of nitrogens with one attached hydrogen (secondary N) is 2. The summed E-state index contributed by atoms with van der Waals surface area (Å²) in [7, 11) is 3.68. The SMILES string of the molecule is CNC(=O)c1ccnc2c(C(C)CCNc3cc(-c4ccc(N(C)CCOCC5CC5)nc4)ncn3)cccc12. The van der Waals surface area contributed by atoms with Crippen LogP contribution in [0.2, 0.25) is 0 Å². The topological polar surface area (TPSA) is 105 Å². The van der Waals surface area contributed by atoms with E-state index < -0.39 is 0 Å². The highest BCUT2D eigenvalue weighted by Gasteiger charge is 2.21. The van der Waals surface area contributed by atoms with Gasteiger partial charge in [-0.3, -0.25) is 9.78 Å². The van der Waals surface area contributed by atoms with Crippen LogP contribution in [0, 0.1) is 5.92 Å². The molecule has 0 radical (unpaired) electrons. The van der Waals surface area contributed by atoms with E-state index in [0.717, 1.165) is 71.4 Å². The van der Waals surface area contributed by atoms with Gasteiger partial charge in [-0.15, -0.1) is 0 Å². The quantitative estimate of drug-likeness (QED) is 0.231. The molecule has 1 aliphatic rings. The van der Waals surface area contributed by atoms with Gasteiger partial charge in [0.25, 0.3) is 5.91 Å². The molecular formula is C31H37N7O2. The molecular weight excluding hydrogens is 502 g/mol. The van der Waals surface area contributed by atoms with Crippen LogP contribution < -0.4 is 15.5 Å². The summed E-state index contributed by atoms with van der Waals surface area (Å²) in [6.07, 6.45) is 8.62. The van der Waals surface area contributed by atoms with Crippen LogP contribution in [0.25, 0.3) is 22.2 Å². The number of carbonyl (C=O) groups excluding carboxylic acids is 1. The molecule has 0 spiro atoms. The molecule has 5 rings (SSSR count). The highest BCUT2D eigenvalue weighted by Crippen LogP contribution is 2.29. The summed E-state index contributed by atoms with van der Waals surface area (Å²) in [6, 6.07) is 13.8. The first kappa shape index (κ1) is 27.5. The predicted molar refractivity (Wildman–Crippen MR) is 159 cm³/mol. The van der Waals surface area contributed by atoms with Crippen molar-refractivity contribution in [1.82, 2.24) is 25.3 Å². The van der Waals surface area contributed by atoms with E-state index in [-0.39, 0.29) is 11.8 Å². The monoisotopic (exact) mass is 539 g/mol. The number of nitrogens with zero attached hydrogens (tertiary/aromatic N) is 5. The standard InChI is InChI=1S/C31H37N7O2/c1-21(24-5-4-6-25-26(31(39)32-2)12-14-34-30(24)25)11-13-33-28-17-27(36-20-37-28)23-9-10-29(35-18-23)38(3)15-16-40-19-22-7-8-22/h4-6,9-10,12,14,17-18,20-22H,7-8,11,13,15-16,19H2,1-3H3,(H,32,39)(H,33,36,37). The average molecular weight is 540 g/mol. The number of anilines is 2. The van der Waals surface area contributed by atoms with Gasteiger partial charge in [0.05, 0.1) is 23.4 Å². The molecule has 9 heteroatoms. The van der Waals surface area contributed by atoms with E-state index in [1.807, 2.05) is 43.6 Å². The van der Waals surface area contributed by atoms with Gasteiger partial charge < -0.3 is 20.3 Å². The third kappa shape index (κ3) is 6.71. The number of para-hydroxylation sites is 1. The Balaban J connectivity index is 1.17. The molecule has 0 aliphatic heterocycles. The van der Waals surface area contributed by atoms with Gasteiger partial charge in [0, 0.05) is 63.2 Å². The van der Waals surface area contributed by atoms with E-state index >= 15 is 0 Å². The van der Waals surface area contributed by atoms with Gasteiger partial charge in [-0.2, -0.15) is 0 Å². The van der Waals surface area contributed by atoms with Gasteiger partial charge in [0.2, 0.25) is 0 Å². The summed E-state index contributed by atoms with van der Waals surface area (Å²) in [5.41, 5.74) is 4.39. The van der Waals surface area contributed by atoms with Gasteiger partial charge in [0.15, 0.2) is 0 Å². The molecule has 3 heterocycles. The lowest BCUT2D eigenvalue weighted by Gasteiger charge is -2.18. The number of carbonyl (C=O) groups is 1. The molecule has 4 aromatic rings. The number of ether oxygens (including phenoxy) is 1. The molecule has 9 nitrogen and oxygen atoms in total. The minimum atomic E-state index is -0.107. The van der Waals surface area contributed by atoms with Gasteiger partial charge >= 0.3 is 0 Å². The van der Waals surface area contributed by atoms with E-state index in [1.165, 1.54) is 12.8 Å². The lowest BCUT2D eigenvalue weighted by molar-refractivity contribution is 0.0964. The normalized spacial score (nSPS) is 13.7. The fourth-order valence-electron chi connectivity index (χ4n) is 4.73. The van der Waals surface area contributed by atoms with Crippen molar-refractivity contribution in [2.24, 2.45) is 5.92 Å². The Labute approximate surface area is 235 Å². The number of hydrogen-bond acceptors (Lipinski definition) is 8. The predicted octanol–water partition coefficient (Wildman–Crippen LogP) is 4.91. The van der Waals surface area contributed by atoms with Crippen molar-refractivity contribution in [3.8, 4) is 11.3 Å². The molecule has 1 unspecified atom stereocenters. The fraction of sp³-hybridized carbons (Fsp3) is 0.387. The highest BCUT2D eigenvalue weighted by molar-refractivity contribution is 6.06. The Morgan fingerprint density at radius 3 is 2.77 bits per heavy atom. The average Bonchev–Trinajstić information content (AvgIpc) is 3.83. The van der Waals surface area contributed by atoms with E-state index in [2.05, 4.69) is 48.5 Å². The van der Waals surface area contributed by atoms with Crippen molar-refractivity contribution < 1.29 is 9.53 Å². The summed E-state index contributed by atoms with van der Waals surface area (Å²) in [6.45, 7) is 5.31. The molecule has 1 fully saturated rings. The third-order valence-electron chi connectivity index (χ3n) is 7.41. The van der Waals surface area contributed by atoms with Crippen molar-refractivity contribution in [3.63, 3.8) is 0 Å². The van der Waals surface area contributed by atoms with Crippen LogP contribution >= 0.6 is 0 Å². The molecule has 1 aliphatic carbocycles. The number of amides is 1. The van der Waals surface area contributed by atoms with Gasteiger partial charge in [-0.1, -0.05) is 25.1 Å². The van der Waals surface area contributed by atoms with Crippen LogP contribution in [-0.2, 0) is 4.74 Å². The molecule has 1 atom stereocenters. The third-order valence-corrected chi connectivity index (χ3v) is 7.41. The molecule has 2 N–H and O–H groups in total. The molecule has 1 amide bonds. The first-order valence-corrected chi connectivity index (χ1v) is 13.9. The second-order valence-electron chi connectivity index (χ2n) is 10.4. The van der Waals surface area contributed by atoms with E-state index in [0.29, 0.717) is 12.2 Å². The molecule has 1 saturated carbocycles. The molecule has 0 saturated heterocycles.